The summed E-state index contributed by atoms with van der Waals surface area (Å²) in [7, 11) is 0. The van der Waals surface area contributed by atoms with Gasteiger partial charge in [-0.15, -0.1) is 0 Å². The van der Waals surface area contributed by atoms with Crippen molar-refractivity contribution in [1.29, 1.82) is 0 Å². The molecule has 27 heavy (non-hydrogen) atoms. The van der Waals surface area contributed by atoms with Gasteiger partial charge in [0.15, 0.2) is 0 Å². The number of esters is 1. The Morgan fingerprint density at radius 3 is 2.52 bits per heavy atom. The predicted octanol–water partition coefficient (Wildman–Crippen LogP) is 5.56. The SMILES string of the molecule is CCCCCC(N)CC[C@H]1CCC(=O)[C@@H]1CCCCCCC(=O)OC(C)C. The summed E-state index contributed by atoms with van der Waals surface area (Å²) >= 11 is 0. The van der Waals surface area contributed by atoms with E-state index in [1.54, 1.807) is 0 Å². The van der Waals surface area contributed by atoms with E-state index in [4.69, 9.17) is 10.5 Å². The molecule has 1 aliphatic rings. The molecule has 0 radical (unpaired) electrons. The number of carbonyl (C=O) groups excluding carboxylic acids is 2. The molecule has 1 aliphatic carbocycles. The quantitative estimate of drug-likeness (QED) is 0.298. The van der Waals surface area contributed by atoms with Crippen molar-refractivity contribution >= 4 is 11.8 Å². The summed E-state index contributed by atoms with van der Waals surface area (Å²) in [6.07, 6.45) is 14.5. The van der Waals surface area contributed by atoms with Crippen molar-refractivity contribution in [2.75, 3.05) is 0 Å². The molecule has 1 rings (SSSR count). The number of nitrogens with two attached hydrogens (primary N) is 1. The molecule has 0 aliphatic heterocycles. The van der Waals surface area contributed by atoms with Crippen LogP contribution >= 0.6 is 0 Å². The Bertz CT molecular complexity index is 422. The van der Waals surface area contributed by atoms with Gasteiger partial charge in [0.05, 0.1) is 6.10 Å². The van der Waals surface area contributed by atoms with E-state index in [0.29, 0.717) is 24.2 Å². The summed E-state index contributed by atoms with van der Waals surface area (Å²) in [5, 5.41) is 0. The molecule has 158 valence electrons. The summed E-state index contributed by atoms with van der Waals surface area (Å²) in [5.74, 6) is 1.20. The first-order chi connectivity index (χ1) is 12.9. The molecule has 0 spiro atoms. The Kier molecular flexibility index (Phi) is 12.6. The van der Waals surface area contributed by atoms with E-state index in [9.17, 15) is 9.59 Å². The van der Waals surface area contributed by atoms with E-state index in [1.165, 1.54) is 19.3 Å². The molecule has 1 unspecified atom stereocenters. The van der Waals surface area contributed by atoms with Gasteiger partial charge in [-0.05, 0) is 58.3 Å². The molecule has 0 aromatic rings. The van der Waals surface area contributed by atoms with Gasteiger partial charge in [0, 0.05) is 24.8 Å². The van der Waals surface area contributed by atoms with Gasteiger partial charge in [-0.1, -0.05) is 45.4 Å². The third-order valence-electron chi connectivity index (χ3n) is 5.84. The number of ketones is 1. The zero-order valence-corrected chi connectivity index (χ0v) is 18.0. The first kappa shape index (κ1) is 24.1. The van der Waals surface area contributed by atoms with Crippen molar-refractivity contribution in [2.45, 2.75) is 123 Å². The van der Waals surface area contributed by atoms with Gasteiger partial charge in [-0.2, -0.15) is 0 Å². The Hall–Kier alpha value is -0.900. The van der Waals surface area contributed by atoms with Crippen LogP contribution in [0.4, 0.5) is 0 Å². The maximum absolute atomic E-state index is 12.3. The number of hydrogen-bond donors (Lipinski definition) is 1. The van der Waals surface area contributed by atoms with Crippen LogP contribution in [0.15, 0.2) is 0 Å². The van der Waals surface area contributed by atoms with Gasteiger partial charge < -0.3 is 10.5 Å². The Morgan fingerprint density at radius 2 is 1.81 bits per heavy atom. The van der Waals surface area contributed by atoms with Crippen LogP contribution in [0.5, 0.6) is 0 Å². The fourth-order valence-corrected chi connectivity index (χ4v) is 4.26. The molecule has 0 amide bonds. The van der Waals surface area contributed by atoms with Crippen LogP contribution < -0.4 is 5.73 Å². The van der Waals surface area contributed by atoms with E-state index >= 15 is 0 Å². The van der Waals surface area contributed by atoms with E-state index in [-0.39, 0.29) is 18.0 Å². The minimum absolute atomic E-state index is 0.0254. The van der Waals surface area contributed by atoms with Crippen LogP contribution in [-0.2, 0) is 14.3 Å². The van der Waals surface area contributed by atoms with Gasteiger partial charge in [-0.25, -0.2) is 0 Å². The molecule has 0 aromatic carbocycles. The van der Waals surface area contributed by atoms with E-state index in [0.717, 1.165) is 64.2 Å². The number of carbonyl (C=O) groups is 2. The predicted molar refractivity (Wildman–Crippen MR) is 112 cm³/mol. The van der Waals surface area contributed by atoms with Crippen molar-refractivity contribution in [3.05, 3.63) is 0 Å². The molecule has 3 atom stereocenters. The van der Waals surface area contributed by atoms with Gasteiger partial charge in [0.1, 0.15) is 5.78 Å². The highest BCUT2D eigenvalue weighted by Gasteiger charge is 2.33. The minimum Gasteiger partial charge on any atom is -0.463 e. The van der Waals surface area contributed by atoms with Gasteiger partial charge >= 0.3 is 5.97 Å². The van der Waals surface area contributed by atoms with Crippen molar-refractivity contribution in [3.63, 3.8) is 0 Å². The lowest BCUT2D eigenvalue weighted by Gasteiger charge is -2.20. The monoisotopic (exact) mass is 381 g/mol. The molecule has 1 fully saturated rings. The number of Topliss-reactive ketones (excluding diaryl/α,β-unsaturated/α-hetero) is 1. The second kappa shape index (κ2) is 14.1. The van der Waals surface area contributed by atoms with Crippen LogP contribution in [0, 0.1) is 11.8 Å². The maximum Gasteiger partial charge on any atom is 0.306 e. The fourth-order valence-electron chi connectivity index (χ4n) is 4.26. The van der Waals surface area contributed by atoms with Crippen LogP contribution in [0.1, 0.15) is 111 Å². The number of unbranched alkanes of at least 4 members (excludes halogenated alkanes) is 5. The summed E-state index contributed by atoms with van der Waals surface area (Å²) in [6, 6.07) is 0.304. The summed E-state index contributed by atoms with van der Waals surface area (Å²) in [4.78, 5) is 23.8. The smallest absolute Gasteiger partial charge is 0.306 e. The Balaban J connectivity index is 2.16. The van der Waals surface area contributed by atoms with Gasteiger partial charge in [-0.3, -0.25) is 9.59 Å². The topological polar surface area (TPSA) is 69.4 Å². The number of ether oxygens (including phenoxy) is 1. The lowest BCUT2D eigenvalue weighted by molar-refractivity contribution is -0.147. The molecule has 0 aromatic heterocycles. The summed E-state index contributed by atoms with van der Waals surface area (Å²) in [5.41, 5.74) is 6.26. The third-order valence-corrected chi connectivity index (χ3v) is 5.84. The summed E-state index contributed by atoms with van der Waals surface area (Å²) in [6.45, 7) is 5.98. The maximum atomic E-state index is 12.3. The fraction of sp³-hybridized carbons (Fsp3) is 0.913. The highest BCUT2D eigenvalue weighted by molar-refractivity contribution is 5.83. The zero-order valence-electron chi connectivity index (χ0n) is 18.0. The molecule has 4 heteroatoms. The van der Waals surface area contributed by atoms with Crippen molar-refractivity contribution in [2.24, 2.45) is 17.6 Å². The minimum atomic E-state index is -0.0914. The second-order valence-corrected chi connectivity index (χ2v) is 8.70. The molecular weight excluding hydrogens is 338 g/mol. The highest BCUT2D eigenvalue weighted by Crippen LogP contribution is 2.36. The first-order valence-electron chi connectivity index (χ1n) is 11.4. The number of hydrogen-bond acceptors (Lipinski definition) is 4. The first-order valence-corrected chi connectivity index (χ1v) is 11.4. The average molecular weight is 382 g/mol. The lowest BCUT2D eigenvalue weighted by Crippen LogP contribution is -2.22. The van der Waals surface area contributed by atoms with Gasteiger partial charge in [0.2, 0.25) is 0 Å². The van der Waals surface area contributed by atoms with E-state index in [2.05, 4.69) is 6.92 Å². The zero-order chi connectivity index (χ0) is 20.1. The van der Waals surface area contributed by atoms with Crippen LogP contribution in [0.2, 0.25) is 0 Å². The van der Waals surface area contributed by atoms with E-state index < -0.39 is 0 Å². The second-order valence-electron chi connectivity index (χ2n) is 8.70. The molecule has 0 bridgehead atoms. The van der Waals surface area contributed by atoms with Crippen LogP contribution in [-0.4, -0.2) is 23.9 Å². The molecule has 0 heterocycles. The van der Waals surface area contributed by atoms with Gasteiger partial charge in [0.25, 0.3) is 0 Å². The number of rotatable bonds is 15. The molecule has 4 nitrogen and oxygen atoms in total. The Labute approximate surface area is 167 Å². The summed E-state index contributed by atoms with van der Waals surface area (Å²) < 4.78 is 5.15. The van der Waals surface area contributed by atoms with Crippen molar-refractivity contribution < 1.29 is 14.3 Å². The van der Waals surface area contributed by atoms with Crippen molar-refractivity contribution in [3.8, 4) is 0 Å². The Morgan fingerprint density at radius 1 is 1.07 bits per heavy atom. The van der Waals surface area contributed by atoms with E-state index in [1.807, 2.05) is 13.8 Å². The standard InChI is InChI=1S/C23H43NO3/c1-4-5-8-11-20(24)16-14-19-15-17-22(25)21(19)12-9-6-7-10-13-23(26)27-18(2)3/h18-21H,4-17,24H2,1-3H3/t19-,20?,21+/m0/s1. The highest BCUT2D eigenvalue weighted by atomic mass is 16.5. The molecular formula is C23H43NO3. The molecule has 1 saturated carbocycles. The van der Waals surface area contributed by atoms with Crippen molar-refractivity contribution in [1.82, 2.24) is 0 Å². The largest absolute Gasteiger partial charge is 0.463 e. The van der Waals surface area contributed by atoms with Crippen LogP contribution in [0.3, 0.4) is 0 Å². The average Bonchev–Trinajstić information content (AvgIpc) is 2.95. The lowest BCUT2D eigenvalue weighted by atomic mass is 9.85. The molecule has 2 N–H and O–H groups in total. The third kappa shape index (κ3) is 10.9. The molecule has 0 saturated heterocycles. The normalized spacial score (nSPS) is 21.0. The van der Waals surface area contributed by atoms with Crippen LogP contribution in [0.25, 0.3) is 0 Å².